The molecule has 1 amide bonds. The van der Waals surface area contributed by atoms with Crippen LogP contribution in [0.5, 0.6) is 5.75 Å². The van der Waals surface area contributed by atoms with Gasteiger partial charge in [0.1, 0.15) is 12.3 Å². The molecule has 0 unspecified atom stereocenters. The summed E-state index contributed by atoms with van der Waals surface area (Å²) in [4.78, 5) is 19.4. The van der Waals surface area contributed by atoms with Crippen molar-refractivity contribution in [2.24, 2.45) is 0 Å². The molecule has 1 aromatic carbocycles. The van der Waals surface area contributed by atoms with Crippen LogP contribution in [0.15, 0.2) is 29.6 Å². The maximum atomic E-state index is 12.6. The van der Waals surface area contributed by atoms with E-state index in [2.05, 4.69) is 31.5 Å². The second kappa shape index (κ2) is 8.92. The Morgan fingerprint density at radius 2 is 2.11 bits per heavy atom. The van der Waals surface area contributed by atoms with Crippen LogP contribution in [0.4, 0.5) is 10.8 Å². The van der Waals surface area contributed by atoms with Gasteiger partial charge in [-0.1, -0.05) is 20.8 Å². The van der Waals surface area contributed by atoms with E-state index in [1.165, 1.54) is 0 Å². The zero-order valence-electron chi connectivity index (χ0n) is 17.0. The van der Waals surface area contributed by atoms with Crippen LogP contribution in [-0.4, -0.2) is 43.8 Å². The van der Waals surface area contributed by atoms with E-state index in [0.29, 0.717) is 6.54 Å². The third-order valence-corrected chi connectivity index (χ3v) is 5.59. The molecule has 1 saturated heterocycles. The Morgan fingerprint density at radius 3 is 2.68 bits per heavy atom. The molecule has 0 spiro atoms. The largest absolute Gasteiger partial charge is 0.497 e. The Labute approximate surface area is 170 Å². The Bertz CT molecular complexity index is 777. The third-order valence-electron chi connectivity index (χ3n) is 4.73. The average molecular weight is 404 g/mol. The lowest BCUT2D eigenvalue weighted by atomic mass is 9.93. The number of rotatable bonds is 7. The topological polar surface area (TPSA) is 63.7 Å². The van der Waals surface area contributed by atoms with Crippen LogP contribution in [0.2, 0.25) is 0 Å². The summed E-state index contributed by atoms with van der Waals surface area (Å²) in [5, 5.41) is 5.87. The van der Waals surface area contributed by atoms with Gasteiger partial charge in [-0.2, -0.15) is 0 Å². The predicted octanol–water partition coefficient (Wildman–Crippen LogP) is 3.88. The molecule has 0 radical (unpaired) electrons. The predicted molar refractivity (Wildman–Crippen MR) is 113 cm³/mol. The summed E-state index contributed by atoms with van der Waals surface area (Å²) < 4.78 is 10.8. The van der Waals surface area contributed by atoms with Gasteiger partial charge < -0.3 is 19.7 Å². The summed E-state index contributed by atoms with van der Waals surface area (Å²) in [6, 6.07) is 7.68. The molecule has 28 heavy (non-hydrogen) atoms. The second-order valence-corrected chi connectivity index (χ2v) is 8.83. The minimum Gasteiger partial charge on any atom is -0.497 e. The van der Waals surface area contributed by atoms with Crippen molar-refractivity contribution in [1.82, 2.24) is 10.3 Å². The van der Waals surface area contributed by atoms with Crippen molar-refractivity contribution in [1.29, 1.82) is 0 Å². The highest BCUT2D eigenvalue weighted by molar-refractivity contribution is 7.13. The maximum Gasteiger partial charge on any atom is 0.240 e. The van der Waals surface area contributed by atoms with Crippen LogP contribution in [0.1, 0.15) is 39.3 Å². The van der Waals surface area contributed by atoms with Crippen LogP contribution in [-0.2, 0) is 14.9 Å². The number of nitrogens with one attached hydrogen (secondary N) is 1. The quantitative estimate of drug-likeness (QED) is 0.760. The van der Waals surface area contributed by atoms with Gasteiger partial charge in [0.25, 0.3) is 0 Å². The lowest BCUT2D eigenvalue weighted by molar-refractivity contribution is -0.120. The van der Waals surface area contributed by atoms with Crippen LogP contribution in [0.3, 0.4) is 0 Å². The van der Waals surface area contributed by atoms with Gasteiger partial charge in [-0.05, 0) is 37.1 Å². The first kappa shape index (κ1) is 20.6. The smallest absolute Gasteiger partial charge is 0.240 e. The number of nitrogens with zero attached hydrogens (tertiary/aromatic N) is 2. The first-order valence-corrected chi connectivity index (χ1v) is 10.5. The van der Waals surface area contributed by atoms with E-state index in [9.17, 15) is 4.79 Å². The molecule has 0 bridgehead atoms. The van der Waals surface area contributed by atoms with E-state index in [4.69, 9.17) is 14.5 Å². The zero-order valence-corrected chi connectivity index (χ0v) is 17.8. The van der Waals surface area contributed by atoms with Gasteiger partial charge in [0.15, 0.2) is 5.13 Å². The van der Waals surface area contributed by atoms with Gasteiger partial charge in [-0.25, -0.2) is 4.98 Å². The molecule has 152 valence electrons. The maximum absolute atomic E-state index is 12.6. The van der Waals surface area contributed by atoms with Gasteiger partial charge in [-0.3, -0.25) is 4.79 Å². The SMILES string of the molecule is COc1ccc(N(CC(=O)NC[C@@H]2CCCO2)c2nc(C(C)(C)C)cs2)cc1. The molecule has 1 N–H and O–H groups in total. The molecule has 1 aliphatic rings. The minimum atomic E-state index is -0.0428. The van der Waals surface area contributed by atoms with E-state index in [0.717, 1.165) is 41.7 Å². The Hall–Kier alpha value is -2.12. The highest BCUT2D eigenvalue weighted by Crippen LogP contribution is 2.33. The molecule has 2 aromatic rings. The van der Waals surface area contributed by atoms with Crippen LogP contribution in [0.25, 0.3) is 0 Å². The Morgan fingerprint density at radius 1 is 1.36 bits per heavy atom. The molecule has 6 nitrogen and oxygen atoms in total. The monoisotopic (exact) mass is 403 g/mol. The van der Waals surface area contributed by atoms with Crippen molar-refractivity contribution < 1.29 is 14.3 Å². The van der Waals surface area contributed by atoms with Crippen molar-refractivity contribution in [2.45, 2.75) is 45.1 Å². The lowest BCUT2D eigenvalue weighted by Crippen LogP contribution is -2.38. The fraction of sp³-hybridized carbons (Fsp3) is 0.524. The summed E-state index contributed by atoms with van der Waals surface area (Å²) in [5.74, 6) is 0.736. The van der Waals surface area contributed by atoms with Crippen LogP contribution >= 0.6 is 11.3 Å². The number of anilines is 2. The number of amides is 1. The average Bonchev–Trinajstić information content (AvgIpc) is 3.36. The number of carbonyl (C=O) groups is 1. The van der Waals surface area contributed by atoms with Gasteiger partial charge >= 0.3 is 0 Å². The first-order valence-electron chi connectivity index (χ1n) is 9.63. The Kier molecular flexibility index (Phi) is 6.57. The first-order chi connectivity index (χ1) is 13.4. The standard InChI is InChI=1S/C21H29N3O3S/c1-21(2,3)18-14-28-20(23-18)24(15-7-9-16(26-4)10-8-15)13-19(25)22-12-17-6-5-11-27-17/h7-10,14,17H,5-6,11-13H2,1-4H3,(H,22,25)/t17-/m0/s1. The number of ether oxygens (including phenoxy) is 2. The second-order valence-electron chi connectivity index (χ2n) is 7.99. The summed E-state index contributed by atoms with van der Waals surface area (Å²) in [6.45, 7) is 7.96. The molecule has 1 aromatic heterocycles. The summed E-state index contributed by atoms with van der Waals surface area (Å²) in [6.07, 6.45) is 2.20. The molecule has 7 heteroatoms. The molecular weight excluding hydrogens is 374 g/mol. The number of aromatic nitrogens is 1. The number of carbonyl (C=O) groups excluding carboxylic acids is 1. The van der Waals surface area contributed by atoms with Crippen molar-refractivity contribution in [3.8, 4) is 5.75 Å². The third kappa shape index (κ3) is 5.23. The molecule has 1 atom stereocenters. The fourth-order valence-electron chi connectivity index (χ4n) is 3.00. The summed E-state index contributed by atoms with van der Waals surface area (Å²) >= 11 is 1.55. The molecule has 0 saturated carbocycles. The number of thiazole rings is 1. The van der Waals surface area contributed by atoms with Crippen molar-refractivity contribution in [2.75, 3.05) is 31.7 Å². The van der Waals surface area contributed by atoms with Crippen molar-refractivity contribution in [3.05, 3.63) is 35.3 Å². The summed E-state index contributed by atoms with van der Waals surface area (Å²) in [5.41, 5.74) is 1.89. The van der Waals surface area contributed by atoms with Gasteiger partial charge in [-0.15, -0.1) is 11.3 Å². The zero-order chi connectivity index (χ0) is 20.1. The fourth-order valence-corrected chi connectivity index (χ4v) is 4.07. The van der Waals surface area contributed by atoms with Crippen LogP contribution < -0.4 is 15.0 Å². The Balaban J connectivity index is 1.77. The molecule has 1 aliphatic heterocycles. The molecule has 0 aliphatic carbocycles. The number of hydrogen-bond donors (Lipinski definition) is 1. The van der Waals surface area contributed by atoms with E-state index >= 15 is 0 Å². The van der Waals surface area contributed by atoms with E-state index in [1.807, 2.05) is 29.2 Å². The summed E-state index contributed by atoms with van der Waals surface area (Å²) in [7, 11) is 1.64. The highest BCUT2D eigenvalue weighted by atomic mass is 32.1. The number of benzene rings is 1. The number of methoxy groups -OCH3 is 1. The normalized spacial score (nSPS) is 16.8. The van der Waals surface area contributed by atoms with Crippen molar-refractivity contribution in [3.63, 3.8) is 0 Å². The van der Waals surface area contributed by atoms with Gasteiger partial charge in [0.2, 0.25) is 5.91 Å². The molecule has 3 rings (SSSR count). The molecule has 1 fully saturated rings. The molecular formula is C21H29N3O3S. The van der Waals surface area contributed by atoms with E-state index in [1.54, 1.807) is 18.4 Å². The number of hydrogen-bond acceptors (Lipinski definition) is 6. The van der Waals surface area contributed by atoms with Gasteiger partial charge in [0.05, 0.1) is 18.9 Å². The van der Waals surface area contributed by atoms with E-state index < -0.39 is 0 Å². The molecule has 2 heterocycles. The van der Waals surface area contributed by atoms with Crippen LogP contribution in [0, 0.1) is 0 Å². The highest BCUT2D eigenvalue weighted by Gasteiger charge is 2.23. The lowest BCUT2D eigenvalue weighted by Gasteiger charge is -2.23. The minimum absolute atomic E-state index is 0.0393. The van der Waals surface area contributed by atoms with Gasteiger partial charge in [0, 0.05) is 29.6 Å². The van der Waals surface area contributed by atoms with E-state index in [-0.39, 0.29) is 24.0 Å². The van der Waals surface area contributed by atoms with Crippen molar-refractivity contribution >= 4 is 28.1 Å².